The maximum absolute atomic E-state index is 8.84. The largest absolute Gasteiger partial charge is 0.490 e. The van der Waals surface area contributed by atoms with Crippen LogP contribution in [0.2, 0.25) is 0 Å². The average Bonchev–Trinajstić information content (AvgIpc) is 3.08. The van der Waals surface area contributed by atoms with E-state index in [9.17, 15) is 0 Å². The van der Waals surface area contributed by atoms with Crippen molar-refractivity contribution in [2.75, 3.05) is 127 Å². The van der Waals surface area contributed by atoms with E-state index in [-0.39, 0.29) is 27.1 Å². The predicted molar refractivity (Wildman–Crippen MR) is 188 cm³/mol. The zero-order valence-electron chi connectivity index (χ0n) is 29.5. The second-order valence-electron chi connectivity index (χ2n) is 8.04. The number of aliphatic hydroxyl groups is 2. The Morgan fingerprint density at radius 1 is 0.646 bits per heavy atom. The lowest BCUT2D eigenvalue weighted by Gasteiger charge is -2.10. The van der Waals surface area contributed by atoms with E-state index in [0.717, 1.165) is 11.1 Å². The molecule has 13 heteroatoms. The van der Waals surface area contributed by atoms with Gasteiger partial charge in [-0.2, -0.15) is 0 Å². The minimum absolute atomic E-state index is 0. The summed E-state index contributed by atoms with van der Waals surface area (Å²) in [6.45, 7) is 14.8. The van der Waals surface area contributed by atoms with Gasteiger partial charge in [0.05, 0.1) is 91.5 Å². The molecule has 1 rings (SSSR count). The summed E-state index contributed by atoms with van der Waals surface area (Å²) >= 11 is 0. The molecule has 0 heterocycles. The van der Waals surface area contributed by atoms with Crippen molar-refractivity contribution in [3.8, 4) is 29.4 Å². The standard InChI is InChI=1S/C23H36O8.C4H10O2.C4H6O.C2H6.CH2O2.CH4/c1-21-5-6-22(4-3-7-24)23(20-21)31-19-18-30-17-16-29-15-14-28-13-12-27-11-10-26-9-8-25-2;1-5-3-4-6-2;1-2-3-4-5;1-2;2-1-3;/h5-6,20,24H,7-19H2,1-2H3;3-4H2,1-2H3;5H,4H2,1H3;1-2H3;1H,(H,2,3);1H4. The van der Waals surface area contributed by atoms with E-state index in [1.807, 2.05) is 39.0 Å². The molecular formula is C35H64O13. The van der Waals surface area contributed by atoms with E-state index in [1.54, 1.807) is 28.3 Å². The molecule has 48 heavy (non-hydrogen) atoms. The van der Waals surface area contributed by atoms with Crippen molar-refractivity contribution in [3.63, 3.8) is 0 Å². The predicted octanol–water partition coefficient (Wildman–Crippen LogP) is 3.09. The number of aryl methyl sites for hydroxylation is 1. The molecule has 0 amide bonds. The number of carbonyl (C=O) groups is 1. The fourth-order valence-electron chi connectivity index (χ4n) is 2.57. The summed E-state index contributed by atoms with van der Waals surface area (Å²) < 4.78 is 47.0. The van der Waals surface area contributed by atoms with Crippen LogP contribution in [-0.2, 0) is 42.7 Å². The minimum Gasteiger partial charge on any atom is -0.490 e. The summed E-state index contributed by atoms with van der Waals surface area (Å²) in [7, 11) is 4.95. The number of aliphatic hydroxyl groups excluding tert-OH is 2. The van der Waals surface area contributed by atoms with Crippen LogP contribution in [-0.4, -0.2) is 149 Å². The van der Waals surface area contributed by atoms with E-state index in [0.29, 0.717) is 98.2 Å². The first-order chi connectivity index (χ1) is 23.0. The molecule has 0 bridgehead atoms. The summed E-state index contributed by atoms with van der Waals surface area (Å²) in [6, 6.07) is 5.76. The summed E-state index contributed by atoms with van der Waals surface area (Å²) in [5.74, 6) is 11.1. The number of methoxy groups -OCH3 is 3. The fourth-order valence-corrected chi connectivity index (χ4v) is 2.57. The van der Waals surface area contributed by atoms with Crippen LogP contribution in [0.1, 0.15) is 39.3 Å². The lowest BCUT2D eigenvalue weighted by molar-refractivity contribution is -0.122. The molecular weight excluding hydrogens is 628 g/mol. The van der Waals surface area contributed by atoms with Gasteiger partial charge in [0, 0.05) is 21.3 Å². The first kappa shape index (κ1) is 54.7. The highest BCUT2D eigenvalue weighted by Gasteiger charge is 2.02. The molecule has 0 fully saturated rings. The van der Waals surface area contributed by atoms with Gasteiger partial charge >= 0.3 is 0 Å². The molecule has 0 atom stereocenters. The van der Waals surface area contributed by atoms with Crippen molar-refractivity contribution in [3.05, 3.63) is 29.3 Å². The normalized spacial score (nSPS) is 8.94. The maximum atomic E-state index is 8.84. The monoisotopic (exact) mass is 692 g/mol. The molecule has 0 radical (unpaired) electrons. The first-order valence-corrected chi connectivity index (χ1v) is 15.3. The molecule has 0 unspecified atom stereocenters. The van der Waals surface area contributed by atoms with Gasteiger partial charge in [-0.1, -0.05) is 45.1 Å². The Morgan fingerprint density at radius 3 is 1.33 bits per heavy atom. The van der Waals surface area contributed by atoms with Gasteiger partial charge in [0.15, 0.2) is 0 Å². The van der Waals surface area contributed by atoms with Crippen LogP contribution in [0.15, 0.2) is 18.2 Å². The Kier molecular flexibility index (Phi) is 61.1. The third-order valence-electron chi connectivity index (χ3n) is 4.59. The van der Waals surface area contributed by atoms with E-state index in [1.165, 1.54) is 0 Å². The van der Waals surface area contributed by atoms with Gasteiger partial charge in [0.2, 0.25) is 0 Å². The number of hydrogen-bond donors (Lipinski definition) is 3. The number of carboxylic acid groups (broad SMARTS) is 1. The number of ether oxygens (including phenoxy) is 9. The van der Waals surface area contributed by atoms with Gasteiger partial charge in [-0.25, -0.2) is 0 Å². The molecule has 0 aliphatic heterocycles. The number of rotatable bonds is 22. The van der Waals surface area contributed by atoms with Crippen LogP contribution in [0.4, 0.5) is 0 Å². The van der Waals surface area contributed by atoms with Gasteiger partial charge in [0.25, 0.3) is 6.47 Å². The Hall–Kier alpha value is -2.79. The van der Waals surface area contributed by atoms with Crippen molar-refractivity contribution >= 4 is 6.47 Å². The molecule has 0 saturated heterocycles. The van der Waals surface area contributed by atoms with Gasteiger partial charge in [0.1, 0.15) is 25.6 Å². The molecule has 282 valence electrons. The van der Waals surface area contributed by atoms with Crippen molar-refractivity contribution in [2.24, 2.45) is 0 Å². The van der Waals surface area contributed by atoms with Crippen LogP contribution >= 0.6 is 0 Å². The van der Waals surface area contributed by atoms with Gasteiger partial charge in [-0.05, 0) is 31.5 Å². The minimum atomic E-state index is -0.250. The molecule has 0 saturated carbocycles. The van der Waals surface area contributed by atoms with E-state index >= 15 is 0 Å². The highest BCUT2D eigenvalue weighted by atomic mass is 16.6. The lowest BCUT2D eigenvalue weighted by atomic mass is 10.1. The van der Waals surface area contributed by atoms with E-state index in [2.05, 4.69) is 33.2 Å². The summed E-state index contributed by atoms with van der Waals surface area (Å²) in [4.78, 5) is 8.36. The third kappa shape index (κ3) is 50.1. The van der Waals surface area contributed by atoms with Crippen molar-refractivity contribution in [1.29, 1.82) is 0 Å². The fraction of sp³-hybridized carbons (Fsp3) is 0.686. The second kappa shape index (κ2) is 53.7. The highest BCUT2D eigenvalue weighted by molar-refractivity contribution is 5.47. The molecule has 0 aliphatic rings. The van der Waals surface area contributed by atoms with Crippen molar-refractivity contribution in [1.82, 2.24) is 0 Å². The topological polar surface area (TPSA) is 161 Å². The molecule has 0 aromatic heterocycles. The second-order valence-corrected chi connectivity index (χ2v) is 8.04. The van der Waals surface area contributed by atoms with Crippen molar-refractivity contribution < 1.29 is 62.7 Å². The highest BCUT2D eigenvalue weighted by Crippen LogP contribution is 2.19. The molecule has 3 N–H and O–H groups in total. The number of benzene rings is 1. The Labute approximate surface area is 290 Å². The lowest BCUT2D eigenvalue weighted by Crippen LogP contribution is -2.14. The summed E-state index contributed by atoms with van der Waals surface area (Å²) in [5.41, 5.74) is 1.84. The van der Waals surface area contributed by atoms with Crippen molar-refractivity contribution in [2.45, 2.75) is 35.1 Å². The smallest absolute Gasteiger partial charge is 0.290 e. The molecule has 13 nitrogen and oxygen atoms in total. The van der Waals surface area contributed by atoms with E-state index < -0.39 is 0 Å². The summed E-state index contributed by atoms with van der Waals surface area (Å²) in [6.07, 6.45) is 0. The molecule has 1 aromatic rings. The SMILES string of the molecule is C.CC.CC#CCO.COCCOC.COCCOCCOCCOCCOCCOCCOc1cc(C)ccc1C#CCO.O=CO. The summed E-state index contributed by atoms with van der Waals surface area (Å²) in [5, 5.41) is 23.6. The van der Waals surface area contributed by atoms with Crippen LogP contribution in [0.25, 0.3) is 0 Å². The molecule has 0 spiro atoms. The van der Waals surface area contributed by atoms with Crippen LogP contribution in [0, 0.1) is 30.6 Å². The Bertz CT molecular complexity index is 858. The van der Waals surface area contributed by atoms with Gasteiger partial charge in [-0.3, -0.25) is 4.79 Å². The quantitative estimate of drug-likeness (QED) is 0.0925. The zero-order valence-corrected chi connectivity index (χ0v) is 29.5. The van der Waals surface area contributed by atoms with Crippen LogP contribution in [0.3, 0.4) is 0 Å². The number of hydrogen-bond acceptors (Lipinski definition) is 12. The molecule has 0 aliphatic carbocycles. The van der Waals surface area contributed by atoms with E-state index in [4.69, 9.17) is 53.3 Å². The Balaban J connectivity index is -0.000000301. The third-order valence-corrected chi connectivity index (χ3v) is 4.59. The molecule has 1 aromatic carbocycles. The van der Waals surface area contributed by atoms with Gasteiger partial charge < -0.3 is 58.0 Å². The maximum Gasteiger partial charge on any atom is 0.290 e. The van der Waals surface area contributed by atoms with Gasteiger partial charge in [-0.15, -0.1) is 5.92 Å². The van der Waals surface area contributed by atoms with Crippen LogP contribution in [0.5, 0.6) is 5.75 Å². The van der Waals surface area contributed by atoms with Crippen LogP contribution < -0.4 is 4.74 Å². The average molecular weight is 693 g/mol. The first-order valence-electron chi connectivity index (χ1n) is 15.3. The zero-order chi connectivity index (χ0) is 36.1. The Morgan fingerprint density at radius 2 is 1.00 bits per heavy atom.